The highest BCUT2D eigenvalue weighted by atomic mass is 16.5. The molecule has 4 rings (SSSR count). The van der Waals surface area contributed by atoms with Crippen LogP contribution in [-0.4, -0.2) is 50.0 Å². The van der Waals surface area contributed by atoms with E-state index < -0.39 is 0 Å². The second kappa shape index (κ2) is 7.85. The molecule has 1 fully saturated rings. The maximum atomic E-state index is 12.5. The van der Waals surface area contributed by atoms with Crippen molar-refractivity contribution in [1.82, 2.24) is 29.3 Å². The van der Waals surface area contributed by atoms with Gasteiger partial charge in [-0.05, 0) is 12.5 Å². The summed E-state index contributed by atoms with van der Waals surface area (Å²) < 4.78 is 10.8. The van der Waals surface area contributed by atoms with Crippen molar-refractivity contribution in [2.45, 2.75) is 18.9 Å². The van der Waals surface area contributed by atoms with Gasteiger partial charge in [-0.15, -0.1) is 5.10 Å². The first-order valence-corrected chi connectivity index (χ1v) is 9.96. The van der Waals surface area contributed by atoms with Gasteiger partial charge in [-0.2, -0.15) is 10.2 Å². The Morgan fingerprint density at radius 2 is 2.03 bits per heavy atom. The zero-order valence-electron chi connectivity index (χ0n) is 18.0. The number of aryl methyl sites for hydroxylation is 3. The lowest BCUT2D eigenvalue weighted by atomic mass is 10.2. The van der Waals surface area contributed by atoms with E-state index in [2.05, 4.69) is 26.7 Å². The molecule has 3 heterocycles. The zero-order chi connectivity index (χ0) is 21.4. The van der Waals surface area contributed by atoms with Gasteiger partial charge in [0.1, 0.15) is 11.5 Å². The van der Waals surface area contributed by atoms with Crippen LogP contribution in [0.3, 0.4) is 0 Å². The molecule has 0 aromatic carbocycles. The van der Waals surface area contributed by atoms with Crippen molar-refractivity contribution in [3.63, 3.8) is 0 Å². The van der Waals surface area contributed by atoms with E-state index >= 15 is 0 Å². The van der Waals surface area contributed by atoms with Crippen LogP contribution >= 0.6 is 0 Å². The minimum atomic E-state index is -0.199. The quantitative estimate of drug-likeness (QED) is 0.592. The van der Waals surface area contributed by atoms with Gasteiger partial charge in [0.05, 0.1) is 18.5 Å². The third kappa shape index (κ3) is 4.03. The van der Waals surface area contributed by atoms with Crippen LogP contribution in [0.25, 0.3) is 0 Å². The Kier molecular flexibility index (Phi) is 5.23. The molecule has 0 radical (unpaired) electrons. The van der Waals surface area contributed by atoms with Crippen molar-refractivity contribution in [2.75, 3.05) is 30.9 Å². The molecule has 0 saturated heterocycles. The van der Waals surface area contributed by atoms with Gasteiger partial charge < -0.3 is 15.0 Å². The Morgan fingerprint density at radius 3 is 2.73 bits per heavy atom. The Hall–Kier alpha value is -3.30. The summed E-state index contributed by atoms with van der Waals surface area (Å²) in [6, 6.07) is 3.73. The SMILES string of the molecule is CN(C)c1c(CNc2cc(OCC3C[C@H]3c3ccn(C)n3)nn(C)c2=O)cnn1C. The van der Waals surface area contributed by atoms with Gasteiger partial charge in [-0.1, -0.05) is 0 Å². The summed E-state index contributed by atoms with van der Waals surface area (Å²) in [7, 11) is 9.38. The second-order valence-electron chi connectivity index (χ2n) is 8.02. The molecule has 0 bridgehead atoms. The number of aromatic nitrogens is 6. The standard InChI is InChI=1S/C20H28N8O2/c1-25(2)19-14(11-22-27(19)4)10-21-17-9-18(24-28(5)20(17)29)30-12-13-8-15(13)16-6-7-26(3)23-16/h6-7,9,11,13,15,21H,8,10,12H2,1-5H3/t13?,15-/m1/s1. The van der Waals surface area contributed by atoms with E-state index in [1.54, 1.807) is 19.3 Å². The van der Waals surface area contributed by atoms with E-state index in [-0.39, 0.29) is 5.56 Å². The van der Waals surface area contributed by atoms with E-state index in [4.69, 9.17) is 4.74 Å². The number of ether oxygens (including phenoxy) is 1. The smallest absolute Gasteiger partial charge is 0.290 e. The number of hydrogen-bond acceptors (Lipinski definition) is 7. The lowest BCUT2D eigenvalue weighted by Gasteiger charge is -2.16. The fourth-order valence-electron chi connectivity index (χ4n) is 3.76. The van der Waals surface area contributed by atoms with Crippen LogP contribution in [-0.2, 0) is 27.7 Å². The van der Waals surface area contributed by atoms with Gasteiger partial charge in [0.25, 0.3) is 5.56 Å². The van der Waals surface area contributed by atoms with Crippen LogP contribution in [0.1, 0.15) is 23.6 Å². The van der Waals surface area contributed by atoms with Gasteiger partial charge in [0.2, 0.25) is 5.88 Å². The molecule has 1 saturated carbocycles. The molecular formula is C20H28N8O2. The Labute approximate surface area is 175 Å². The normalized spacial score (nSPS) is 17.8. The van der Waals surface area contributed by atoms with Gasteiger partial charge in [0.15, 0.2) is 0 Å². The van der Waals surface area contributed by atoms with Crippen LogP contribution in [0.15, 0.2) is 29.3 Å². The van der Waals surface area contributed by atoms with Crippen molar-refractivity contribution >= 4 is 11.5 Å². The molecule has 3 aromatic rings. The summed E-state index contributed by atoms with van der Waals surface area (Å²) >= 11 is 0. The van der Waals surface area contributed by atoms with Crippen LogP contribution < -0.4 is 20.5 Å². The van der Waals surface area contributed by atoms with E-state index in [1.165, 1.54) is 4.68 Å². The van der Waals surface area contributed by atoms with Gasteiger partial charge >= 0.3 is 0 Å². The molecule has 3 aromatic heterocycles. The molecule has 1 aliphatic carbocycles. The molecule has 0 spiro atoms. The highest BCUT2D eigenvalue weighted by Gasteiger charge is 2.40. The lowest BCUT2D eigenvalue weighted by Crippen LogP contribution is -2.24. The topological polar surface area (TPSA) is 95.0 Å². The van der Waals surface area contributed by atoms with E-state index in [0.29, 0.717) is 36.6 Å². The Morgan fingerprint density at radius 1 is 1.23 bits per heavy atom. The Balaban J connectivity index is 1.41. The number of anilines is 2. The summed E-state index contributed by atoms with van der Waals surface area (Å²) in [6.45, 7) is 1.03. The van der Waals surface area contributed by atoms with Crippen molar-refractivity contribution in [3.05, 3.63) is 46.1 Å². The number of hydrogen-bond donors (Lipinski definition) is 1. The average Bonchev–Trinajstić information content (AvgIpc) is 3.18. The largest absolute Gasteiger partial charge is 0.476 e. The minimum absolute atomic E-state index is 0.199. The molecule has 1 N–H and O–H groups in total. The maximum absolute atomic E-state index is 12.5. The van der Waals surface area contributed by atoms with Crippen molar-refractivity contribution in [2.24, 2.45) is 27.1 Å². The monoisotopic (exact) mass is 412 g/mol. The second-order valence-corrected chi connectivity index (χ2v) is 8.02. The molecule has 10 heteroatoms. The summed E-state index contributed by atoms with van der Waals surface area (Å²) in [6.07, 6.45) is 4.82. The van der Waals surface area contributed by atoms with Crippen LogP contribution in [0, 0.1) is 5.92 Å². The summed E-state index contributed by atoms with van der Waals surface area (Å²) in [4.78, 5) is 14.5. The zero-order valence-corrected chi connectivity index (χ0v) is 18.0. The number of nitrogens with zero attached hydrogens (tertiary/aromatic N) is 7. The minimum Gasteiger partial charge on any atom is -0.476 e. The van der Waals surface area contributed by atoms with Gasteiger partial charge in [-0.3, -0.25) is 14.2 Å². The molecule has 160 valence electrons. The molecule has 2 atom stereocenters. The fraction of sp³-hybridized carbons (Fsp3) is 0.500. The van der Waals surface area contributed by atoms with E-state index in [9.17, 15) is 4.79 Å². The van der Waals surface area contributed by atoms with Crippen LogP contribution in [0.2, 0.25) is 0 Å². The van der Waals surface area contributed by atoms with E-state index in [0.717, 1.165) is 23.5 Å². The highest BCUT2D eigenvalue weighted by Crippen LogP contribution is 2.46. The first-order chi connectivity index (χ1) is 14.3. The first-order valence-electron chi connectivity index (χ1n) is 9.96. The van der Waals surface area contributed by atoms with Crippen LogP contribution in [0.5, 0.6) is 5.88 Å². The van der Waals surface area contributed by atoms with Gasteiger partial charge in [-0.25, -0.2) is 4.68 Å². The molecule has 10 nitrogen and oxygen atoms in total. The molecule has 30 heavy (non-hydrogen) atoms. The molecule has 1 aliphatic rings. The summed E-state index contributed by atoms with van der Waals surface area (Å²) in [5.41, 5.74) is 2.36. The van der Waals surface area contributed by atoms with Crippen molar-refractivity contribution < 1.29 is 4.74 Å². The first kappa shape index (κ1) is 20.0. The molecular weight excluding hydrogens is 384 g/mol. The Bertz CT molecular complexity index is 1100. The number of nitrogens with one attached hydrogen (secondary N) is 1. The van der Waals surface area contributed by atoms with E-state index in [1.807, 2.05) is 48.7 Å². The summed E-state index contributed by atoms with van der Waals surface area (Å²) in [5.74, 6) is 2.28. The predicted molar refractivity (Wildman–Crippen MR) is 114 cm³/mol. The molecule has 0 amide bonds. The summed E-state index contributed by atoms with van der Waals surface area (Å²) in [5, 5.41) is 16.2. The average molecular weight is 412 g/mol. The lowest BCUT2D eigenvalue weighted by molar-refractivity contribution is 0.278. The molecule has 1 unspecified atom stereocenters. The maximum Gasteiger partial charge on any atom is 0.290 e. The highest BCUT2D eigenvalue weighted by molar-refractivity contribution is 5.49. The van der Waals surface area contributed by atoms with Gasteiger partial charge in [0, 0.05) is 71.4 Å². The third-order valence-electron chi connectivity index (χ3n) is 5.40. The molecule has 0 aliphatic heterocycles. The van der Waals surface area contributed by atoms with Crippen LogP contribution in [0.4, 0.5) is 11.5 Å². The fourth-order valence-corrected chi connectivity index (χ4v) is 3.76. The predicted octanol–water partition coefficient (Wildman–Crippen LogP) is 1.11. The number of rotatable bonds is 8. The van der Waals surface area contributed by atoms with Crippen molar-refractivity contribution in [1.29, 1.82) is 0 Å². The third-order valence-corrected chi connectivity index (χ3v) is 5.40. The van der Waals surface area contributed by atoms with Crippen molar-refractivity contribution in [3.8, 4) is 5.88 Å².